The maximum Gasteiger partial charge on any atom is 0.281 e. The summed E-state index contributed by atoms with van der Waals surface area (Å²) in [5.41, 5.74) is 8.14. The number of nitrogen functional groups attached to an aromatic ring is 1. The number of aliphatic hydroxyl groups excluding tert-OH is 10. The minimum absolute atomic E-state index is 0. The molecule has 20 atom stereocenters. The average Bonchev–Trinajstić information content (AvgIpc) is 1.63. The summed E-state index contributed by atoms with van der Waals surface area (Å²) in [6.45, 7) is 22.0. The van der Waals surface area contributed by atoms with E-state index in [2.05, 4.69) is 163 Å². The van der Waals surface area contributed by atoms with Crippen LogP contribution in [0.5, 0.6) is 0 Å². The molecule has 39 nitrogen and oxygen atoms in total. The predicted molar refractivity (Wildman–Crippen MR) is 508 cm³/mol. The smallest absolute Gasteiger partial charge is 0.281 e. The number of aromatic amines is 4. The molecular formula is C79H126N21O18P5S2. The van der Waals surface area contributed by atoms with Crippen molar-refractivity contribution in [1.82, 2.24) is 92.2 Å². The van der Waals surface area contributed by atoms with Gasteiger partial charge in [-0.15, -0.1) is 65.9 Å². The van der Waals surface area contributed by atoms with Crippen LogP contribution < -0.4 is 27.3 Å². The largest absolute Gasteiger partial charge is 0.388 e. The van der Waals surface area contributed by atoms with E-state index in [0.29, 0.717) is 93.1 Å². The highest BCUT2D eigenvalue weighted by Crippen LogP contribution is 2.46. The van der Waals surface area contributed by atoms with Crippen LogP contribution in [-0.2, 0) is 30.7 Å². The van der Waals surface area contributed by atoms with Gasteiger partial charge in [0.15, 0.2) is 69.3 Å². The van der Waals surface area contributed by atoms with Crippen LogP contribution in [0.4, 0.5) is 11.9 Å². The molecule has 125 heavy (non-hydrogen) atoms. The number of hydrogen-bond donors (Lipinski definition) is 15. The maximum absolute atomic E-state index is 12.3. The highest BCUT2D eigenvalue weighted by molar-refractivity contribution is 7.73. The van der Waals surface area contributed by atoms with Crippen molar-refractivity contribution in [3.8, 4) is 0 Å². The highest BCUT2D eigenvalue weighted by atomic mass is 32.1. The van der Waals surface area contributed by atoms with E-state index in [9.17, 15) is 65.4 Å². The fourth-order valence-corrected chi connectivity index (χ4v) is 20.3. The Hall–Kier alpha value is -6.84. The Kier molecular flexibility index (Phi) is 31.7. The number of nitrogens with zero attached hydrogens (tertiary/aromatic N) is 16. The quantitative estimate of drug-likeness (QED) is 0.0356. The van der Waals surface area contributed by atoms with E-state index in [1.165, 1.54) is 30.9 Å². The van der Waals surface area contributed by atoms with Crippen LogP contribution in [0.25, 0.3) is 55.7 Å². The molecular weight excluding hydrogens is 1750 g/mol. The van der Waals surface area contributed by atoms with Crippen LogP contribution in [0, 0.1) is 37.0 Å². The fourth-order valence-electron chi connectivity index (χ4n) is 15.0. The summed E-state index contributed by atoms with van der Waals surface area (Å²) in [7, 11) is 5.15. The van der Waals surface area contributed by atoms with Gasteiger partial charge in [0.05, 0.1) is 54.9 Å². The maximum atomic E-state index is 12.3. The van der Waals surface area contributed by atoms with E-state index in [1.807, 2.05) is 13.0 Å². The van der Waals surface area contributed by atoms with E-state index in [1.54, 1.807) is 68.5 Å². The number of aliphatic hydroxyl groups is 10. The van der Waals surface area contributed by atoms with Gasteiger partial charge >= 0.3 is 0 Å². The Morgan fingerprint density at radius 3 is 1.22 bits per heavy atom. The number of nitrogens with one attached hydrogen (secondary N) is 4. The van der Waals surface area contributed by atoms with Crippen LogP contribution >= 0.6 is 58.9 Å². The number of aryl methyl sites for hydroxylation is 4. The summed E-state index contributed by atoms with van der Waals surface area (Å²) in [5, 5.41) is 105. The summed E-state index contributed by atoms with van der Waals surface area (Å²) in [6, 6.07) is 1.85. The number of aromatic nitrogens is 19. The lowest BCUT2D eigenvalue weighted by atomic mass is 10.1. The molecule has 16 N–H and O–H groups in total. The number of anilines is 2. The molecule has 5 saturated heterocycles. The number of nitrogens with two attached hydrogens (primary N) is 1. The topological polar surface area (TPSA) is 538 Å². The molecule has 5 aliphatic rings. The van der Waals surface area contributed by atoms with Gasteiger partial charge in [-0.3, -0.25) is 42.2 Å². The number of ether oxygens (including phenoxy) is 5. The highest BCUT2D eigenvalue weighted by Gasteiger charge is 2.49. The van der Waals surface area contributed by atoms with Gasteiger partial charge in [-0.2, -0.15) is 4.98 Å². The lowest BCUT2D eigenvalue weighted by molar-refractivity contribution is -0.0353. The van der Waals surface area contributed by atoms with Crippen molar-refractivity contribution in [3.63, 3.8) is 0 Å². The molecule has 0 amide bonds. The van der Waals surface area contributed by atoms with Gasteiger partial charge in [-0.25, -0.2) is 39.9 Å². The first-order chi connectivity index (χ1) is 57.6. The standard InChI is InChI=1S/C16H26N5O4P.C16H25N4O4P.C16H24N3O3PS.C15H24N5O4P.C15H23N4O3PS.CH4/c1-20(2)16-18-13-10(14(24)19-16)17-8-21(13)15-12(23)11(22)9(25-15)6-7-26(3,4)5;1-9-18-14-11(15(23)19(9)2)17-8-20(14)16-13(22)12(21)10(24-16)6-7-25(3,4)5;1-9-17-14-10(15(24)18-9)5-7-19(14)16-13(21)12(20)11(22-16)6-8-23(2,3)4;1-7-17-12-9(13(23)18-7)19-15(16)20(12)14-11(22)10(21)8(24-14)5-6-25(2,3)4;1-8-17-13-10(14(24)18-8)16-7-19(13)15-12(21)11(20)9(22-15)5-6-23(2,3)4;/h8-9,11-12,15,22-23H,3,6-7H2,1-2,4-5H3,(H,18,19,24);8,10,12-13,16,21-22H,3,6-7H2,1-2,4-5H3;5,7,11-13,16,20-21H,2,6,8H2,1,3-4H3,(H,17,18,24);8,10-11,14,21-22H,2,5-6H2,1,3-4H3,(H2,16,19)(H,17,18,23);7,9,11-12,15,20-21H,2,5-6H2,1,3-4H3,(H,17,18,24);1H4/t9-,11-,12-,15?;10-,12-,13-,16?;11-,12-,13-,16?;8-,10-,11-,14?;9-,11-,12-,15?;/m11111./s1. The Balaban J connectivity index is 0.000000163. The van der Waals surface area contributed by atoms with Gasteiger partial charge in [0.1, 0.15) is 106 Å². The molecule has 0 aromatic carbocycles. The molecule has 15 rings (SSSR count). The van der Waals surface area contributed by atoms with Crippen molar-refractivity contribution in [3.05, 3.63) is 94.9 Å². The molecule has 0 aliphatic carbocycles. The Labute approximate surface area is 734 Å². The van der Waals surface area contributed by atoms with E-state index in [0.717, 1.165) is 41.8 Å². The van der Waals surface area contributed by atoms with Gasteiger partial charge in [0.25, 0.3) is 16.7 Å². The van der Waals surface area contributed by atoms with Crippen molar-refractivity contribution in [1.29, 1.82) is 0 Å². The van der Waals surface area contributed by atoms with Crippen LogP contribution in [0.3, 0.4) is 0 Å². The average molecular weight is 1880 g/mol. The van der Waals surface area contributed by atoms with E-state index < -0.39 is 163 Å². The van der Waals surface area contributed by atoms with Crippen LogP contribution in [-0.4, -0.2) is 378 Å². The monoisotopic (exact) mass is 1880 g/mol. The molecule has 692 valence electrons. The SMILES string of the molecule is C.C=P(C)(C)CC[C@H]1OC(n2c(N)nc3c(=O)[nH]c(C)nc32)[C@H](O)[C@@H]1O.C=P(C)(C)CC[C@H]1OC(n2ccc3c(=S)nc(C)[nH]c32)[C@H](O)[C@@H]1O.C=P(C)(C)CC[C@H]1OC(n2cnc3c(=O)[nH]c(N(C)C)nc32)[C@H](O)[C@@H]1O.C=P(C)(C)CC[C@H]1OC(n2cnc3c(=O)n(C)c(C)nc32)[C@H](O)[C@@H]1O.C=P(C)(C)CC[C@H]1OC(n2cnc3c(=S)nc(C)[nH]c32)[C@H](O)[C@@H]1O. The third kappa shape index (κ3) is 23.1. The second-order valence-electron chi connectivity index (χ2n) is 36.2. The zero-order valence-corrected chi connectivity index (χ0v) is 79.2. The number of H-pyrrole nitrogens is 4. The summed E-state index contributed by atoms with van der Waals surface area (Å²) in [6.07, 6.45) is 17.8. The number of fused-ring (bicyclic) bond motifs is 5. The van der Waals surface area contributed by atoms with Crippen LogP contribution in [0.1, 0.15) is 94.0 Å². The second kappa shape index (κ2) is 39.5. The molecule has 0 radical (unpaired) electrons. The third-order valence-electron chi connectivity index (χ3n) is 22.0. The first kappa shape index (κ1) is 100. The van der Waals surface area contributed by atoms with Crippen LogP contribution in [0.15, 0.2) is 45.6 Å². The molecule has 5 aliphatic heterocycles. The Morgan fingerprint density at radius 1 is 0.432 bits per heavy atom. The molecule has 15 heterocycles. The molecule has 5 fully saturated rings. The fraction of sp³-hybridized carbons (Fsp3) is 0.608. The summed E-state index contributed by atoms with van der Waals surface area (Å²) >= 11 is 10.5. The van der Waals surface area contributed by atoms with Crippen LogP contribution in [0.2, 0.25) is 0 Å². The van der Waals surface area contributed by atoms with Gasteiger partial charge in [0.2, 0.25) is 11.9 Å². The van der Waals surface area contributed by atoms with Crippen molar-refractivity contribution in [2.75, 3.05) is 122 Å². The van der Waals surface area contributed by atoms with Gasteiger partial charge in [-0.1, -0.05) is 31.9 Å². The lowest BCUT2D eigenvalue weighted by Gasteiger charge is -2.19. The zero-order valence-electron chi connectivity index (χ0n) is 73.1. The van der Waals surface area contributed by atoms with Crippen molar-refractivity contribution < 1.29 is 74.7 Å². The molecule has 5 unspecified atom stereocenters. The summed E-state index contributed by atoms with van der Waals surface area (Å²) < 4.78 is 39.9. The molecule has 0 spiro atoms. The molecule has 10 aromatic rings. The molecule has 0 bridgehead atoms. The first-order valence-electron chi connectivity index (χ1n) is 40.4. The van der Waals surface area contributed by atoms with Crippen molar-refractivity contribution in [2.24, 2.45) is 7.05 Å². The van der Waals surface area contributed by atoms with E-state index >= 15 is 0 Å². The van der Waals surface area contributed by atoms with Crippen molar-refractivity contribution >= 4 is 158 Å². The van der Waals surface area contributed by atoms with Gasteiger partial charge in [-0.05, 0) is 163 Å². The number of imidazole rings is 4. The number of rotatable bonds is 21. The summed E-state index contributed by atoms with van der Waals surface area (Å²) in [5.74, 6) is 2.65. The normalized spacial score (nSPS) is 27.1. The first-order valence-corrected chi connectivity index (χ1v) is 56.4. The lowest BCUT2D eigenvalue weighted by Crippen LogP contribution is -2.32. The predicted octanol–water partition coefficient (Wildman–Crippen LogP) is 4.06. The molecule has 0 saturated carbocycles. The molecule has 10 aromatic heterocycles. The Morgan fingerprint density at radius 2 is 0.784 bits per heavy atom. The zero-order chi connectivity index (χ0) is 91.5. The minimum atomic E-state index is -1.28. The summed E-state index contributed by atoms with van der Waals surface area (Å²) in [4.78, 5) is 87.6. The van der Waals surface area contributed by atoms with E-state index in [4.69, 9.17) is 53.9 Å². The van der Waals surface area contributed by atoms with Gasteiger partial charge < -0.3 is 105 Å². The van der Waals surface area contributed by atoms with E-state index in [-0.39, 0.29) is 46.7 Å². The van der Waals surface area contributed by atoms with Crippen molar-refractivity contribution in [2.45, 2.75) is 190 Å². The third-order valence-corrected chi connectivity index (χ3v) is 29.9. The molecule has 46 heteroatoms. The minimum Gasteiger partial charge on any atom is -0.388 e. The van der Waals surface area contributed by atoms with Gasteiger partial charge in [0, 0.05) is 27.3 Å². The second-order valence-corrected chi connectivity index (χ2v) is 58.5. The Bertz CT molecular complexity index is 5970. The number of hydrogen-bond acceptors (Lipinski definition) is 31.